The molecule has 0 spiro atoms. The van der Waals surface area contributed by atoms with Crippen LogP contribution in [0.4, 0.5) is 4.39 Å². The summed E-state index contributed by atoms with van der Waals surface area (Å²) in [5, 5.41) is 3.83. The minimum Gasteiger partial charge on any atom is -0.459 e. The Bertz CT molecular complexity index is 761. The van der Waals surface area contributed by atoms with Crippen LogP contribution in [0.25, 0.3) is 0 Å². The van der Waals surface area contributed by atoms with E-state index in [0.717, 1.165) is 24.1 Å². The maximum atomic E-state index is 13.6. The number of benzene rings is 1. The SMILES string of the molecule is CC1=C(C(=O)OC(C)C)C(c2ccc(F)c(Br)c2)NC(=S)N1C1CC1. The zero-order valence-electron chi connectivity index (χ0n) is 14.3. The summed E-state index contributed by atoms with van der Waals surface area (Å²) >= 11 is 8.73. The standard InChI is InChI=1S/C18H20BrFN2O2S/c1-9(2)24-17(23)15-10(3)22(12-5-6-12)18(25)21-16(15)11-4-7-14(20)13(19)8-11/h4,7-9,12,16H,5-6H2,1-3H3,(H,21,25). The molecule has 0 saturated heterocycles. The number of halogens is 2. The molecular formula is C18H20BrFN2O2S. The smallest absolute Gasteiger partial charge is 0.338 e. The van der Waals surface area contributed by atoms with Crippen molar-refractivity contribution in [1.29, 1.82) is 0 Å². The molecule has 0 radical (unpaired) electrons. The molecule has 7 heteroatoms. The van der Waals surface area contributed by atoms with Crippen LogP contribution in [0.3, 0.4) is 0 Å². The molecule has 1 aliphatic carbocycles. The summed E-state index contributed by atoms with van der Waals surface area (Å²) in [6.07, 6.45) is 1.88. The first-order chi connectivity index (χ1) is 11.8. The number of carbonyl (C=O) groups is 1. The van der Waals surface area contributed by atoms with Gasteiger partial charge in [0.15, 0.2) is 5.11 Å². The Labute approximate surface area is 160 Å². The summed E-state index contributed by atoms with van der Waals surface area (Å²) in [4.78, 5) is 14.8. The van der Waals surface area contributed by atoms with Crippen molar-refractivity contribution in [3.8, 4) is 0 Å². The number of rotatable bonds is 4. The summed E-state index contributed by atoms with van der Waals surface area (Å²) in [5.41, 5.74) is 2.08. The first-order valence-electron chi connectivity index (χ1n) is 8.26. The molecule has 1 saturated carbocycles. The van der Waals surface area contributed by atoms with Gasteiger partial charge < -0.3 is 15.0 Å². The largest absolute Gasteiger partial charge is 0.459 e. The van der Waals surface area contributed by atoms with Crippen LogP contribution >= 0.6 is 28.1 Å². The number of esters is 1. The van der Waals surface area contributed by atoms with E-state index in [1.54, 1.807) is 12.1 Å². The lowest BCUT2D eigenvalue weighted by atomic mass is 9.95. The van der Waals surface area contributed by atoms with E-state index >= 15 is 0 Å². The van der Waals surface area contributed by atoms with Crippen LogP contribution in [0.5, 0.6) is 0 Å². The Balaban J connectivity index is 2.06. The quantitative estimate of drug-likeness (QED) is 0.576. The number of hydrogen-bond donors (Lipinski definition) is 1. The normalized spacial score (nSPS) is 20.8. The molecular weight excluding hydrogens is 407 g/mol. The third kappa shape index (κ3) is 3.72. The van der Waals surface area contributed by atoms with Gasteiger partial charge in [-0.2, -0.15) is 0 Å². The second kappa shape index (κ2) is 7.03. The van der Waals surface area contributed by atoms with E-state index in [2.05, 4.69) is 21.2 Å². The Morgan fingerprint density at radius 3 is 2.68 bits per heavy atom. The molecule has 4 nitrogen and oxygen atoms in total. The number of thiocarbonyl (C=S) groups is 1. The predicted molar refractivity (Wildman–Crippen MR) is 101 cm³/mol. The van der Waals surface area contributed by atoms with Crippen molar-refractivity contribution in [3.05, 3.63) is 45.3 Å². The number of ether oxygens (including phenoxy) is 1. The average Bonchev–Trinajstić information content (AvgIpc) is 3.33. The molecule has 1 aliphatic heterocycles. The molecule has 1 aromatic carbocycles. The van der Waals surface area contributed by atoms with Gasteiger partial charge in [-0.3, -0.25) is 0 Å². The average molecular weight is 427 g/mol. The number of hydrogen-bond acceptors (Lipinski definition) is 3. The minimum absolute atomic E-state index is 0.225. The van der Waals surface area contributed by atoms with Crippen LogP contribution in [-0.4, -0.2) is 28.1 Å². The Morgan fingerprint density at radius 1 is 1.44 bits per heavy atom. The van der Waals surface area contributed by atoms with Crippen molar-refractivity contribution in [3.63, 3.8) is 0 Å². The van der Waals surface area contributed by atoms with Gasteiger partial charge in [0.05, 0.1) is 22.2 Å². The molecule has 134 valence electrons. The maximum absolute atomic E-state index is 13.6. The van der Waals surface area contributed by atoms with Crippen LogP contribution in [0, 0.1) is 5.82 Å². The monoisotopic (exact) mass is 426 g/mol. The lowest BCUT2D eigenvalue weighted by Gasteiger charge is -2.38. The van der Waals surface area contributed by atoms with E-state index in [1.165, 1.54) is 6.07 Å². The summed E-state index contributed by atoms with van der Waals surface area (Å²) in [6, 6.07) is 4.56. The van der Waals surface area contributed by atoms with Crippen LogP contribution in [0.15, 0.2) is 33.9 Å². The van der Waals surface area contributed by atoms with Gasteiger partial charge in [0.2, 0.25) is 0 Å². The Hall–Kier alpha value is -1.47. The molecule has 2 aliphatic rings. The summed E-state index contributed by atoms with van der Waals surface area (Å²) in [7, 11) is 0. The zero-order valence-corrected chi connectivity index (χ0v) is 16.7. The van der Waals surface area contributed by atoms with Crippen molar-refractivity contribution in [2.45, 2.75) is 51.8 Å². The molecule has 1 atom stereocenters. The fraction of sp³-hybridized carbons (Fsp3) is 0.444. The predicted octanol–water partition coefficient (Wildman–Crippen LogP) is 4.21. The highest BCUT2D eigenvalue weighted by Crippen LogP contribution is 2.38. The summed E-state index contributed by atoms with van der Waals surface area (Å²) in [5.74, 6) is -0.729. The van der Waals surface area contributed by atoms with Crippen LogP contribution in [0.1, 0.15) is 45.2 Å². The maximum Gasteiger partial charge on any atom is 0.338 e. The van der Waals surface area contributed by atoms with Crippen molar-refractivity contribution in [2.24, 2.45) is 0 Å². The van der Waals surface area contributed by atoms with Crippen molar-refractivity contribution in [1.82, 2.24) is 10.2 Å². The van der Waals surface area contributed by atoms with Gasteiger partial charge in [0, 0.05) is 11.7 Å². The molecule has 0 bridgehead atoms. The molecule has 1 aromatic rings. The first kappa shape index (κ1) is 18.3. The van der Waals surface area contributed by atoms with E-state index in [-0.39, 0.29) is 17.9 Å². The van der Waals surface area contributed by atoms with Crippen LogP contribution in [0.2, 0.25) is 0 Å². The lowest BCUT2D eigenvalue weighted by molar-refractivity contribution is -0.143. The lowest BCUT2D eigenvalue weighted by Crippen LogP contribution is -2.48. The Kier molecular flexibility index (Phi) is 5.16. The van der Waals surface area contributed by atoms with E-state index in [1.807, 2.05) is 25.7 Å². The molecule has 1 fully saturated rings. The van der Waals surface area contributed by atoms with Crippen molar-refractivity contribution >= 4 is 39.2 Å². The molecule has 25 heavy (non-hydrogen) atoms. The van der Waals surface area contributed by atoms with Crippen molar-refractivity contribution in [2.75, 3.05) is 0 Å². The minimum atomic E-state index is -0.467. The van der Waals surface area contributed by atoms with Gasteiger partial charge in [0.1, 0.15) is 5.82 Å². The van der Waals surface area contributed by atoms with Crippen LogP contribution in [-0.2, 0) is 9.53 Å². The van der Waals surface area contributed by atoms with Gasteiger partial charge in [-0.05, 0) is 79.5 Å². The molecule has 0 amide bonds. The molecule has 0 aromatic heterocycles. The first-order valence-corrected chi connectivity index (χ1v) is 9.46. The number of allylic oxidation sites excluding steroid dienone is 1. The Morgan fingerprint density at radius 2 is 2.12 bits per heavy atom. The van der Waals surface area contributed by atoms with E-state index < -0.39 is 6.04 Å². The molecule has 1 heterocycles. The summed E-state index contributed by atoms with van der Waals surface area (Å²) < 4.78 is 19.4. The van der Waals surface area contributed by atoms with Crippen molar-refractivity contribution < 1.29 is 13.9 Å². The van der Waals surface area contributed by atoms with Gasteiger partial charge >= 0.3 is 5.97 Å². The van der Waals surface area contributed by atoms with E-state index in [4.69, 9.17) is 17.0 Å². The highest BCUT2D eigenvalue weighted by Gasteiger charge is 2.41. The third-order valence-corrected chi connectivity index (χ3v) is 5.20. The third-order valence-electron chi connectivity index (χ3n) is 4.28. The fourth-order valence-electron chi connectivity index (χ4n) is 3.01. The highest BCUT2D eigenvalue weighted by molar-refractivity contribution is 9.10. The van der Waals surface area contributed by atoms with E-state index in [9.17, 15) is 9.18 Å². The molecule has 1 N–H and O–H groups in total. The zero-order chi connectivity index (χ0) is 18.3. The summed E-state index contributed by atoms with van der Waals surface area (Å²) in [6.45, 7) is 5.53. The fourth-order valence-corrected chi connectivity index (χ4v) is 3.81. The highest BCUT2D eigenvalue weighted by atomic mass is 79.9. The van der Waals surface area contributed by atoms with Gasteiger partial charge in [-0.15, -0.1) is 0 Å². The van der Waals surface area contributed by atoms with Gasteiger partial charge in [-0.25, -0.2) is 9.18 Å². The van der Waals surface area contributed by atoms with E-state index in [0.29, 0.717) is 21.2 Å². The number of nitrogens with one attached hydrogen (secondary N) is 1. The topological polar surface area (TPSA) is 41.6 Å². The number of carbonyl (C=O) groups excluding carboxylic acids is 1. The molecule has 1 unspecified atom stereocenters. The second-order valence-electron chi connectivity index (χ2n) is 6.61. The second-order valence-corrected chi connectivity index (χ2v) is 7.85. The van der Waals surface area contributed by atoms with Gasteiger partial charge in [0.25, 0.3) is 0 Å². The molecule has 3 rings (SSSR count). The van der Waals surface area contributed by atoms with Gasteiger partial charge in [-0.1, -0.05) is 6.07 Å². The van der Waals surface area contributed by atoms with Crippen LogP contribution < -0.4 is 5.32 Å². The number of nitrogens with zero attached hydrogens (tertiary/aromatic N) is 1.